The molecule has 0 bridgehead atoms. The van der Waals surface area contributed by atoms with Gasteiger partial charge in [-0.15, -0.1) is 11.3 Å². The van der Waals surface area contributed by atoms with Gasteiger partial charge >= 0.3 is 0 Å². The predicted octanol–water partition coefficient (Wildman–Crippen LogP) is 0.795. The number of nitrogens with two attached hydrogens (primary N) is 1. The number of aromatic nitrogens is 2. The summed E-state index contributed by atoms with van der Waals surface area (Å²) >= 11 is 1.21. The van der Waals surface area contributed by atoms with Crippen LogP contribution in [0.4, 0.5) is 10.2 Å². The van der Waals surface area contributed by atoms with Gasteiger partial charge in [-0.05, 0) is 10.9 Å². The summed E-state index contributed by atoms with van der Waals surface area (Å²) in [6, 6.07) is 0. The van der Waals surface area contributed by atoms with Crippen molar-refractivity contribution in [1.29, 1.82) is 0 Å². The molecule has 3 heterocycles. The number of thiophene rings is 1. The van der Waals surface area contributed by atoms with Crippen LogP contribution in [0.5, 0.6) is 0 Å². The number of aliphatic hydroxyl groups is 2. The van der Waals surface area contributed by atoms with Crippen molar-refractivity contribution in [2.45, 2.75) is 29.7 Å². The van der Waals surface area contributed by atoms with Gasteiger partial charge < -0.3 is 20.7 Å². The van der Waals surface area contributed by atoms with E-state index in [0.29, 0.717) is 15.8 Å². The Labute approximate surface area is 125 Å². The fraction of sp³-hybridized carbons (Fsp3) is 0.455. The van der Waals surface area contributed by atoms with Crippen LogP contribution in [0.2, 0.25) is 0 Å². The molecule has 22 heavy (non-hydrogen) atoms. The molecule has 4 N–H and O–H groups in total. The molecular formula is C11H9FN6O3S. The van der Waals surface area contributed by atoms with E-state index < -0.39 is 29.7 Å². The summed E-state index contributed by atoms with van der Waals surface area (Å²) in [5.41, 5.74) is 10.8. The maximum atomic E-state index is 14.6. The summed E-state index contributed by atoms with van der Waals surface area (Å²) < 4.78 is 20.6. The van der Waals surface area contributed by atoms with Crippen molar-refractivity contribution < 1.29 is 19.3 Å². The Bertz CT molecular complexity index is 840. The summed E-state index contributed by atoms with van der Waals surface area (Å²) in [6.07, 6.45) is -3.56. The Balaban J connectivity index is 1.82. The van der Waals surface area contributed by atoms with Gasteiger partial charge in [-0.25, -0.2) is 14.4 Å². The summed E-state index contributed by atoms with van der Waals surface area (Å²) in [5, 5.41) is 24.8. The average molecular weight is 324 g/mol. The fourth-order valence-electron chi connectivity index (χ4n) is 2.95. The number of ether oxygens (including phenoxy) is 1. The van der Waals surface area contributed by atoms with E-state index in [0.717, 1.165) is 0 Å². The second-order valence-electron chi connectivity index (χ2n) is 5.18. The molecule has 2 aromatic rings. The number of nitrogens with zero attached hydrogens (tertiary/aromatic N) is 5. The number of hydrogen-bond donors (Lipinski definition) is 3. The van der Waals surface area contributed by atoms with Crippen LogP contribution in [0.1, 0.15) is 11.7 Å². The second kappa shape index (κ2) is 4.03. The second-order valence-corrected chi connectivity index (χ2v) is 6.06. The lowest BCUT2D eigenvalue weighted by molar-refractivity contribution is -0.0539. The molecule has 5 atom stereocenters. The zero-order chi connectivity index (χ0) is 15.7. The monoisotopic (exact) mass is 324 g/mol. The van der Waals surface area contributed by atoms with Crippen LogP contribution in [-0.2, 0) is 4.74 Å². The molecule has 1 saturated carbocycles. The van der Waals surface area contributed by atoms with Crippen LogP contribution in [0.3, 0.4) is 0 Å². The van der Waals surface area contributed by atoms with Crippen molar-refractivity contribution in [3.63, 3.8) is 0 Å². The van der Waals surface area contributed by atoms with E-state index in [4.69, 9.17) is 16.0 Å². The normalized spacial score (nSPS) is 39.5. The topological polar surface area (TPSA) is 150 Å². The maximum Gasteiger partial charge on any atom is 0.210 e. The summed E-state index contributed by atoms with van der Waals surface area (Å²) in [5.74, 6) is 0.253. The average Bonchev–Trinajstić information content (AvgIpc) is 2.85. The number of anilines is 1. The molecule has 0 radical (unpaired) electrons. The van der Waals surface area contributed by atoms with E-state index in [2.05, 4.69) is 20.0 Å². The molecule has 2 unspecified atom stereocenters. The maximum absolute atomic E-state index is 14.6. The van der Waals surface area contributed by atoms with E-state index >= 15 is 0 Å². The summed E-state index contributed by atoms with van der Waals surface area (Å²) in [7, 11) is 0. The molecule has 11 heteroatoms. The lowest BCUT2D eigenvalue weighted by atomic mass is 10.0. The third-order valence-electron chi connectivity index (χ3n) is 4.18. The van der Waals surface area contributed by atoms with Gasteiger partial charge in [0, 0.05) is 10.5 Å². The van der Waals surface area contributed by atoms with Gasteiger partial charge in [0.15, 0.2) is 11.8 Å². The summed E-state index contributed by atoms with van der Waals surface area (Å²) in [4.78, 5) is 10.4. The van der Waals surface area contributed by atoms with Gasteiger partial charge in [0.05, 0.1) is 10.2 Å². The molecule has 2 aliphatic rings. The predicted molar refractivity (Wildman–Crippen MR) is 73.4 cm³/mol. The van der Waals surface area contributed by atoms with Crippen molar-refractivity contribution in [2.75, 3.05) is 5.73 Å². The van der Waals surface area contributed by atoms with Crippen molar-refractivity contribution in [3.05, 3.63) is 27.7 Å². The molecule has 1 aliphatic carbocycles. The Morgan fingerprint density at radius 1 is 1.55 bits per heavy atom. The van der Waals surface area contributed by atoms with E-state index in [9.17, 15) is 14.6 Å². The first-order valence-corrected chi connectivity index (χ1v) is 7.11. The van der Waals surface area contributed by atoms with Gasteiger partial charge in [0.2, 0.25) is 5.72 Å². The molecule has 1 aliphatic heterocycles. The minimum absolute atomic E-state index is 0.253. The van der Waals surface area contributed by atoms with Crippen LogP contribution in [0.15, 0.2) is 16.8 Å². The largest absolute Gasteiger partial charge is 0.387 e. The number of azide groups is 1. The zero-order valence-electron chi connectivity index (χ0n) is 10.8. The molecule has 1 saturated heterocycles. The minimum Gasteiger partial charge on any atom is -0.387 e. The van der Waals surface area contributed by atoms with Crippen molar-refractivity contribution in [2.24, 2.45) is 5.11 Å². The first-order valence-electron chi connectivity index (χ1n) is 6.23. The van der Waals surface area contributed by atoms with Crippen LogP contribution in [0.25, 0.3) is 20.7 Å². The molecule has 0 spiro atoms. The van der Waals surface area contributed by atoms with E-state index in [1.807, 2.05) is 0 Å². The highest BCUT2D eigenvalue weighted by molar-refractivity contribution is 7.17. The molecule has 9 nitrogen and oxygen atoms in total. The Kier molecular flexibility index (Phi) is 2.49. The quantitative estimate of drug-likeness (QED) is 0.422. The number of halogens is 1. The number of rotatable bonds is 2. The number of aliphatic hydroxyl groups excluding tert-OH is 1. The Morgan fingerprint density at radius 3 is 3.05 bits per heavy atom. The van der Waals surface area contributed by atoms with Gasteiger partial charge in [0.1, 0.15) is 24.4 Å². The smallest absolute Gasteiger partial charge is 0.210 e. The Hall–Kier alpha value is -2.04. The Morgan fingerprint density at radius 2 is 2.32 bits per heavy atom. The van der Waals surface area contributed by atoms with Crippen LogP contribution in [0, 0.1) is 0 Å². The molecule has 2 fully saturated rings. The SMILES string of the molecule is [N-]=[N+]=NC12O[C@@H](c3csc4c(N)ncnc34)[C@H](F)[C@@]1(O)C2O. The number of alkyl halides is 1. The molecule has 0 amide bonds. The van der Waals surface area contributed by atoms with Gasteiger partial charge in [-0.3, -0.25) is 0 Å². The van der Waals surface area contributed by atoms with Crippen LogP contribution < -0.4 is 5.73 Å². The first kappa shape index (κ1) is 13.6. The van der Waals surface area contributed by atoms with Crippen molar-refractivity contribution in [1.82, 2.24) is 9.97 Å². The third kappa shape index (κ3) is 1.30. The van der Waals surface area contributed by atoms with E-state index in [1.54, 1.807) is 5.38 Å². The number of fused-ring (bicyclic) bond motifs is 2. The zero-order valence-corrected chi connectivity index (χ0v) is 11.6. The van der Waals surface area contributed by atoms with E-state index in [1.165, 1.54) is 17.7 Å². The van der Waals surface area contributed by atoms with Crippen LogP contribution >= 0.6 is 11.3 Å². The van der Waals surface area contributed by atoms with Crippen molar-refractivity contribution >= 4 is 27.4 Å². The van der Waals surface area contributed by atoms with Gasteiger partial charge in [-0.2, -0.15) is 0 Å². The minimum atomic E-state index is -2.25. The fourth-order valence-corrected chi connectivity index (χ4v) is 3.89. The number of nitrogen functional groups attached to an aromatic ring is 1. The van der Waals surface area contributed by atoms with Crippen LogP contribution in [-0.4, -0.2) is 43.8 Å². The molecule has 2 aromatic heterocycles. The van der Waals surface area contributed by atoms with Gasteiger partial charge in [-0.1, -0.05) is 5.11 Å². The molecular weight excluding hydrogens is 315 g/mol. The molecule has 0 aromatic carbocycles. The van der Waals surface area contributed by atoms with Crippen molar-refractivity contribution in [3.8, 4) is 0 Å². The highest BCUT2D eigenvalue weighted by Crippen LogP contribution is 2.65. The molecule has 4 rings (SSSR count). The van der Waals surface area contributed by atoms with E-state index in [-0.39, 0.29) is 5.82 Å². The number of hydrogen-bond acceptors (Lipinski definition) is 8. The third-order valence-corrected chi connectivity index (χ3v) is 5.19. The lowest BCUT2D eigenvalue weighted by Gasteiger charge is -2.18. The standard InChI is InChI=1S/C11H9FN6O3S/c12-7-5(21-11(17-18-14)9(19)10(7,11)20)3-1-22-6-4(3)15-2-16-8(6)13/h1-2,5,7,9,19-20H,(H2,13,15,16)/t5-,7-,9?,10+,11?/m0/s1. The highest BCUT2D eigenvalue weighted by Gasteiger charge is 2.88. The van der Waals surface area contributed by atoms with Gasteiger partial charge in [0.25, 0.3) is 0 Å². The highest BCUT2D eigenvalue weighted by atomic mass is 32.1. The molecule has 114 valence electrons. The lowest BCUT2D eigenvalue weighted by Crippen LogP contribution is -2.31. The summed E-state index contributed by atoms with van der Waals surface area (Å²) in [6.45, 7) is 0. The first-order chi connectivity index (χ1) is 10.5.